The SMILES string of the molecule is CCCNc1cncc(OCC2CCCCN2C)n1. The highest BCUT2D eigenvalue weighted by Crippen LogP contribution is 2.16. The Morgan fingerprint density at radius 3 is 3.11 bits per heavy atom. The Balaban J connectivity index is 1.84. The van der Waals surface area contributed by atoms with E-state index in [4.69, 9.17) is 4.74 Å². The first-order chi connectivity index (χ1) is 9.29. The lowest BCUT2D eigenvalue weighted by molar-refractivity contribution is 0.122. The lowest BCUT2D eigenvalue weighted by Crippen LogP contribution is -2.40. The summed E-state index contributed by atoms with van der Waals surface area (Å²) in [7, 11) is 2.16. The van der Waals surface area contributed by atoms with Gasteiger partial charge in [-0.1, -0.05) is 13.3 Å². The van der Waals surface area contributed by atoms with E-state index in [1.807, 2.05) is 0 Å². The summed E-state index contributed by atoms with van der Waals surface area (Å²) in [6.07, 6.45) is 8.28. The largest absolute Gasteiger partial charge is 0.475 e. The zero-order valence-corrected chi connectivity index (χ0v) is 11.9. The molecular formula is C14H24N4O. The molecule has 0 spiro atoms. The van der Waals surface area contributed by atoms with E-state index in [1.165, 1.54) is 19.3 Å². The smallest absolute Gasteiger partial charge is 0.234 e. The predicted octanol–water partition coefficient (Wildman–Crippen LogP) is 2.16. The second-order valence-corrected chi connectivity index (χ2v) is 5.11. The monoisotopic (exact) mass is 264 g/mol. The Hall–Kier alpha value is -1.36. The highest BCUT2D eigenvalue weighted by Gasteiger charge is 2.19. The summed E-state index contributed by atoms with van der Waals surface area (Å²) in [5.41, 5.74) is 0. The van der Waals surface area contributed by atoms with Gasteiger partial charge in [-0.15, -0.1) is 0 Å². The molecule has 0 bridgehead atoms. The Morgan fingerprint density at radius 1 is 1.42 bits per heavy atom. The van der Waals surface area contributed by atoms with Crippen molar-refractivity contribution < 1.29 is 4.74 Å². The van der Waals surface area contributed by atoms with Crippen LogP contribution in [0, 0.1) is 0 Å². The van der Waals surface area contributed by atoms with Crippen LogP contribution in [0.4, 0.5) is 5.82 Å². The lowest BCUT2D eigenvalue weighted by atomic mass is 10.0. The number of nitrogens with one attached hydrogen (secondary N) is 1. The van der Waals surface area contributed by atoms with Gasteiger partial charge in [0.25, 0.3) is 0 Å². The molecule has 2 heterocycles. The molecular weight excluding hydrogens is 240 g/mol. The van der Waals surface area contributed by atoms with Crippen molar-refractivity contribution in [3.63, 3.8) is 0 Å². The van der Waals surface area contributed by atoms with Crippen LogP contribution >= 0.6 is 0 Å². The molecule has 0 aliphatic carbocycles. The molecule has 1 aliphatic heterocycles. The third kappa shape index (κ3) is 4.35. The molecule has 5 nitrogen and oxygen atoms in total. The number of anilines is 1. The normalized spacial score (nSPS) is 20.2. The van der Waals surface area contributed by atoms with Crippen molar-refractivity contribution in [1.29, 1.82) is 0 Å². The zero-order chi connectivity index (χ0) is 13.5. The molecule has 1 N–H and O–H groups in total. The third-order valence-electron chi connectivity index (χ3n) is 3.51. The van der Waals surface area contributed by atoms with Crippen LogP contribution in [0.5, 0.6) is 5.88 Å². The average Bonchev–Trinajstić information content (AvgIpc) is 2.45. The Bertz CT molecular complexity index is 385. The summed E-state index contributed by atoms with van der Waals surface area (Å²) >= 11 is 0. The molecule has 1 aromatic heterocycles. The van der Waals surface area contributed by atoms with Crippen molar-refractivity contribution in [2.45, 2.75) is 38.6 Å². The highest BCUT2D eigenvalue weighted by molar-refractivity contribution is 5.32. The van der Waals surface area contributed by atoms with Gasteiger partial charge in [-0.2, -0.15) is 4.98 Å². The number of hydrogen-bond donors (Lipinski definition) is 1. The molecule has 1 saturated heterocycles. The number of piperidine rings is 1. The minimum absolute atomic E-state index is 0.503. The molecule has 1 aliphatic rings. The van der Waals surface area contributed by atoms with Gasteiger partial charge < -0.3 is 15.0 Å². The van der Waals surface area contributed by atoms with Gasteiger partial charge >= 0.3 is 0 Å². The van der Waals surface area contributed by atoms with Crippen molar-refractivity contribution in [3.8, 4) is 5.88 Å². The predicted molar refractivity (Wildman–Crippen MR) is 76.6 cm³/mol. The van der Waals surface area contributed by atoms with Crippen LogP contribution in [0.2, 0.25) is 0 Å². The van der Waals surface area contributed by atoms with Crippen LogP contribution in [0.1, 0.15) is 32.6 Å². The van der Waals surface area contributed by atoms with Gasteiger partial charge in [0.2, 0.25) is 5.88 Å². The van der Waals surface area contributed by atoms with Crippen LogP contribution < -0.4 is 10.1 Å². The van der Waals surface area contributed by atoms with E-state index in [9.17, 15) is 0 Å². The number of likely N-dealkylation sites (tertiary alicyclic amines) is 1. The minimum Gasteiger partial charge on any atom is -0.475 e. The average molecular weight is 264 g/mol. The van der Waals surface area contributed by atoms with Crippen molar-refractivity contribution in [3.05, 3.63) is 12.4 Å². The molecule has 5 heteroatoms. The standard InChI is InChI=1S/C14H24N4O/c1-3-7-16-13-9-15-10-14(17-13)19-11-12-6-4-5-8-18(12)2/h9-10,12H,3-8,11H2,1-2H3,(H,16,17). The minimum atomic E-state index is 0.503. The summed E-state index contributed by atoms with van der Waals surface area (Å²) in [6.45, 7) is 4.89. The molecule has 19 heavy (non-hydrogen) atoms. The van der Waals surface area contributed by atoms with Gasteiger partial charge in [0.15, 0.2) is 0 Å². The van der Waals surface area contributed by atoms with Crippen molar-refractivity contribution in [1.82, 2.24) is 14.9 Å². The third-order valence-corrected chi connectivity index (χ3v) is 3.51. The molecule has 1 aromatic rings. The highest BCUT2D eigenvalue weighted by atomic mass is 16.5. The number of nitrogens with zero attached hydrogens (tertiary/aromatic N) is 3. The van der Waals surface area contributed by atoms with Gasteiger partial charge in [-0.25, -0.2) is 0 Å². The number of ether oxygens (including phenoxy) is 1. The van der Waals surface area contributed by atoms with E-state index < -0.39 is 0 Å². The maximum atomic E-state index is 5.78. The summed E-state index contributed by atoms with van der Waals surface area (Å²) in [6, 6.07) is 0.503. The Morgan fingerprint density at radius 2 is 2.32 bits per heavy atom. The Labute approximate surface area is 115 Å². The van der Waals surface area contributed by atoms with Crippen LogP contribution in [-0.4, -0.2) is 47.7 Å². The van der Waals surface area contributed by atoms with Gasteiger partial charge in [-0.3, -0.25) is 4.98 Å². The lowest BCUT2D eigenvalue weighted by Gasteiger charge is -2.31. The van der Waals surface area contributed by atoms with E-state index in [0.717, 1.165) is 25.3 Å². The number of aromatic nitrogens is 2. The van der Waals surface area contributed by atoms with Gasteiger partial charge in [0.05, 0.1) is 12.4 Å². The van der Waals surface area contributed by atoms with Gasteiger partial charge in [-0.05, 0) is 32.9 Å². The summed E-state index contributed by atoms with van der Waals surface area (Å²) in [4.78, 5) is 10.9. The first-order valence-electron chi connectivity index (χ1n) is 7.18. The van der Waals surface area contributed by atoms with Crippen LogP contribution in [0.15, 0.2) is 12.4 Å². The number of likely N-dealkylation sites (N-methyl/N-ethyl adjacent to an activating group) is 1. The molecule has 2 rings (SSSR count). The van der Waals surface area contributed by atoms with E-state index in [1.54, 1.807) is 12.4 Å². The number of rotatable bonds is 6. The van der Waals surface area contributed by atoms with E-state index in [2.05, 4.69) is 34.2 Å². The molecule has 106 valence electrons. The van der Waals surface area contributed by atoms with Crippen LogP contribution in [-0.2, 0) is 0 Å². The molecule has 1 unspecified atom stereocenters. The summed E-state index contributed by atoms with van der Waals surface area (Å²) in [5.74, 6) is 1.40. The maximum absolute atomic E-state index is 5.78. The molecule has 0 radical (unpaired) electrons. The zero-order valence-electron chi connectivity index (χ0n) is 11.9. The molecule has 1 atom stereocenters. The van der Waals surface area contributed by atoms with Crippen LogP contribution in [0.25, 0.3) is 0 Å². The second kappa shape index (κ2) is 7.28. The molecule has 0 aromatic carbocycles. The summed E-state index contributed by atoms with van der Waals surface area (Å²) in [5, 5.41) is 3.22. The fourth-order valence-corrected chi connectivity index (χ4v) is 2.29. The topological polar surface area (TPSA) is 50.3 Å². The van der Waals surface area contributed by atoms with E-state index in [-0.39, 0.29) is 0 Å². The maximum Gasteiger partial charge on any atom is 0.234 e. The fraction of sp³-hybridized carbons (Fsp3) is 0.714. The second-order valence-electron chi connectivity index (χ2n) is 5.11. The van der Waals surface area contributed by atoms with Gasteiger partial charge in [0.1, 0.15) is 12.4 Å². The quantitative estimate of drug-likeness (QED) is 0.853. The van der Waals surface area contributed by atoms with Gasteiger partial charge in [0, 0.05) is 12.6 Å². The van der Waals surface area contributed by atoms with Crippen molar-refractivity contribution >= 4 is 5.82 Å². The number of hydrogen-bond acceptors (Lipinski definition) is 5. The van der Waals surface area contributed by atoms with E-state index >= 15 is 0 Å². The van der Waals surface area contributed by atoms with Crippen LogP contribution in [0.3, 0.4) is 0 Å². The van der Waals surface area contributed by atoms with Crippen molar-refractivity contribution in [2.75, 3.05) is 32.1 Å². The molecule has 0 amide bonds. The summed E-state index contributed by atoms with van der Waals surface area (Å²) < 4.78 is 5.78. The first kappa shape index (κ1) is 14.1. The van der Waals surface area contributed by atoms with E-state index in [0.29, 0.717) is 18.5 Å². The Kier molecular flexibility index (Phi) is 5.39. The first-order valence-corrected chi connectivity index (χ1v) is 7.18. The van der Waals surface area contributed by atoms with Crippen molar-refractivity contribution in [2.24, 2.45) is 0 Å². The molecule has 1 fully saturated rings. The molecule has 0 saturated carbocycles. The fourth-order valence-electron chi connectivity index (χ4n) is 2.29.